The standard InChI is InChI=1S/C24H22F2N2O5/c1-30-22-13-18(7-12-21(22)33-24(25)26)14-27-32-16-23(29)28-19-8-10-20(11-9-19)31-15-17-5-3-2-4-6-17/h2-14,24H,15-16H2,1H3,(H,28,29)/b27-14+. The fraction of sp³-hybridized carbons (Fsp3) is 0.167. The molecule has 3 aromatic rings. The summed E-state index contributed by atoms with van der Waals surface area (Å²) >= 11 is 0. The van der Waals surface area contributed by atoms with Gasteiger partial charge in [0, 0.05) is 11.3 Å². The number of carbonyl (C=O) groups is 1. The summed E-state index contributed by atoms with van der Waals surface area (Å²) in [5.74, 6) is 0.302. The Hall–Kier alpha value is -4.14. The van der Waals surface area contributed by atoms with Gasteiger partial charge in [-0.15, -0.1) is 0 Å². The number of alkyl halides is 2. The highest BCUT2D eigenvalue weighted by atomic mass is 19.3. The van der Waals surface area contributed by atoms with Crippen molar-refractivity contribution in [1.82, 2.24) is 0 Å². The van der Waals surface area contributed by atoms with Gasteiger partial charge in [-0.05, 0) is 48.0 Å². The van der Waals surface area contributed by atoms with Gasteiger partial charge in [-0.25, -0.2) is 0 Å². The molecule has 3 aromatic carbocycles. The van der Waals surface area contributed by atoms with Crippen molar-refractivity contribution in [3.63, 3.8) is 0 Å². The first-order valence-electron chi connectivity index (χ1n) is 9.88. The van der Waals surface area contributed by atoms with Gasteiger partial charge < -0.3 is 24.4 Å². The summed E-state index contributed by atoms with van der Waals surface area (Å²) < 4.78 is 39.8. The molecule has 0 aliphatic heterocycles. The Balaban J connectivity index is 1.43. The number of amides is 1. The number of halogens is 2. The van der Waals surface area contributed by atoms with Crippen molar-refractivity contribution in [3.05, 3.63) is 83.9 Å². The molecule has 0 saturated heterocycles. The molecular formula is C24H22F2N2O5. The highest BCUT2D eigenvalue weighted by Crippen LogP contribution is 2.29. The summed E-state index contributed by atoms with van der Waals surface area (Å²) in [5, 5.41) is 6.39. The van der Waals surface area contributed by atoms with Crippen molar-refractivity contribution in [2.45, 2.75) is 13.2 Å². The van der Waals surface area contributed by atoms with E-state index >= 15 is 0 Å². The number of nitrogens with one attached hydrogen (secondary N) is 1. The number of carbonyl (C=O) groups excluding carboxylic acids is 1. The Labute approximate surface area is 189 Å². The molecule has 172 valence electrons. The van der Waals surface area contributed by atoms with E-state index in [1.807, 2.05) is 30.3 Å². The Bertz CT molecular complexity index is 1060. The van der Waals surface area contributed by atoms with Crippen LogP contribution in [-0.4, -0.2) is 32.4 Å². The summed E-state index contributed by atoms with van der Waals surface area (Å²) in [4.78, 5) is 17.0. The van der Waals surface area contributed by atoms with Gasteiger partial charge in [0.1, 0.15) is 12.4 Å². The molecule has 0 fully saturated rings. The summed E-state index contributed by atoms with van der Waals surface area (Å²) in [6.07, 6.45) is 1.32. The van der Waals surface area contributed by atoms with Crippen LogP contribution in [-0.2, 0) is 16.2 Å². The minimum Gasteiger partial charge on any atom is -0.493 e. The van der Waals surface area contributed by atoms with Crippen LogP contribution in [0, 0.1) is 0 Å². The number of hydrogen-bond donors (Lipinski definition) is 1. The highest BCUT2D eigenvalue weighted by molar-refractivity contribution is 5.91. The third kappa shape index (κ3) is 7.80. The van der Waals surface area contributed by atoms with Crippen LogP contribution < -0.4 is 19.5 Å². The van der Waals surface area contributed by atoms with E-state index < -0.39 is 12.5 Å². The summed E-state index contributed by atoms with van der Waals surface area (Å²) in [7, 11) is 1.33. The molecule has 1 amide bonds. The zero-order valence-corrected chi connectivity index (χ0v) is 17.7. The first-order chi connectivity index (χ1) is 16.0. The Morgan fingerprint density at radius 3 is 2.48 bits per heavy atom. The van der Waals surface area contributed by atoms with Crippen LogP contribution >= 0.6 is 0 Å². The van der Waals surface area contributed by atoms with Gasteiger partial charge in [-0.1, -0.05) is 35.5 Å². The van der Waals surface area contributed by atoms with Gasteiger partial charge in [0.15, 0.2) is 18.1 Å². The summed E-state index contributed by atoms with van der Waals surface area (Å²) in [5.41, 5.74) is 2.16. The average molecular weight is 456 g/mol. The van der Waals surface area contributed by atoms with Crippen LogP contribution in [0.2, 0.25) is 0 Å². The maximum atomic E-state index is 12.4. The maximum Gasteiger partial charge on any atom is 0.387 e. The molecule has 0 aliphatic rings. The number of rotatable bonds is 11. The second-order valence-corrected chi connectivity index (χ2v) is 6.64. The number of hydrogen-bond acceptors (Lipinski definition) is 6. The second-order valence-electron chi connectivity index (χ2n) is 6.64. The predicted octanol–water partition coefficient (Wildman–Crippen LogP) is 4.86. The summed E-state index contributed by atoms with van der Waals surface area (Å²) in [6, 6.07) is 21.0. The Morgan fingerprint density at radius 2 is 1.79 bits per heavy atom. The molecule has 3 rings (SSSR count). The Morgan fingerprint density at radius 1 is 1.03 bits per heavy atom. The quantitative estimate of drug-likeness (QED) is 0.329. The molecule has 1 N–H and O–H groups in total. The van der Waals surface area contributed by atoms with Crippen LogP contribution in [0.3, 0.4) is 0 Å². The molecular weight excluding hydrogens is 434 g/mol. The maximum absolute atomic E-state index is 12.4. The lowest BCUT2D eigenvalue weighted by molar-refractivity contribution is -0.120. The average Bonchev–Trinajstić information content (AvgIpc) is 2.82. The molecule has 0 heterocycles. The zero-order chi connectivity index (χ0) is 23.5. The number of ether oxygens (including phenoxy) is 3. The van der Waals surface area contributed by atoms with E-state index in [9.17, 15) is 13.6 Å². The topological polar surface area (TPSA) is 78.4 Å². The van der Waals surface area contributed by atoms with E-state index in [0.29, 0.717) is 23.6 Å². The van der Waals surface area contributed by atoms with Gasteiger partial charge in [0.2, 0.25) is 0 Å². The third-order valence-electron chi connectivity index (χ3n) is 4.26. The van der Waals surface area contributed by atoms with Gasteiger partial charge in [-0.2, -0.15) is 8.78 Å². The van der Waals surface area contributed by atoms with E-state index in [1.54, 1.807) is 24.3 Å². The largest absolute Gasteiger partial charge is 0.493 e. The molecule has 0 unspecified atom stereocenters. The fourth-order valence-corrected chi connectivity index (χ4v) is 2.72. The molecule has 9 heteroatoms. The van der Waals surface area contributed by atoms with Crippen molar-refractivity contribution in [1.29, 1.82) is 0 Å². The van der Waals surface area contributed by atoms with Gasteiger partial charge in [0.25, 0.3) is 5.91 Å². The van der Waals surface area contributed by atoms with Crippen molar-refractivity contribution in [3.8, 4) is 17.2 Å². The minimum absolute atomic E-state index is 0.0959. The zero-order valence-electron chi connectivity index (χ0n) is 17.7. The van der Waals surface area contributed by atoms with Gasteiger partial charge in [0.05, 0.1) is 13.3 Å². The second kappa shape index (κ2) is 12.0. The van der Waals surface area contributed by atoms with Crippen molar-refractivity contribution in [2.75, 3.05) is 19.0 Å². The van der Waals surface area contributed by atoms with E-state index in [2.05, 4.69) is 15.2 Å². The minimum atomic E-state index is -2.96. The molecule has 7 nitrogen and oxygen atoms in total. The van der Waals surface area contributed by atoms with Crippen molar-refractivity contribution < 1.29 is 32.6 Å². The number of oxime groups is 1. The molecule has 0 atom stereocenters. The molecule has 0 bridgehead atoms. The smallest absolute Gasteiger partial charge is 0.387 e. The predicted molar refractivity (Wildman–Crippen MR) is 119 cm³/mol. The van der Waals surface area contributed by atoms with E-state index in [1.165, 1.54) is 31.5 Å². The van der Waals surface area contributed by atoms with E-state index in [-0.39, 0.29) is 18.1 Å². The molecule has 0 aromatic heterocycles. The highest BCUT2D eigenvalue weighted by Gasteiger charge is 2.10. The SMILES string of the molecule is COc1cc(/C=N/OCC(=O)Nc2ccc(OCc3ccccc3)cc2)ccc1OC(F)F. The molecule has 0 saturated carbocycles. The summed E-state index contributed by atoms with van der Waals surface area (Å²) in [6.45, 7) is -2.82. The first kappa shape index (κ1) is 23.5. The molecule has 33 heavy (non-hydrogen) atoms. The fourth-order valence-electron chi connectivity index (χ4n) is 2.72. The van der Waals surface area contributed by atoms with Crippen LogP contribution in [0.15, 0.2) is 78.0 Å². The first-order valence-corrected chi connectivity index (χ1v) is 9.88. The molecule has 0 aliphatic carbocycles. The number of nitrogens with zero attached hydrogens (tertiary/aromatic N) is 1. The van der Waals surface area contributed by atoms with Crippen LogP contribution in [0.4, 0.5) is 14.5 Å². The third-order valence-corrected chi connectivity index (χ3v) is 4.26. The number of methoxy groups -OCH3 is 1. The van der Waals surface area contributed by atoms with Crippen molar-refractivity contribution in [2.24, 2.45) is 5.16 Å². The lowest BCUT2D eigenvalue weighted by atomic mass is 10.2. The van der Waals surface area contributed by atoms with Crippen LogP contribution in [0.5, 0.6) is 17.2 Å². The number of benzene rings is 3. The number of anilines is 1. The Kier molecular flexibility index (Phi) is 8.58. The molecule has 0 spiro atoms. The lowest BCUT2D eigenvalue weighted by Crippen LogP contribution is -2.16. The van der Waals surface area contributed by atoms with Crippen molar-refractivity contribution >= 4 is 17.8 Å². The van der Waals surface area contributed by atoms with Gasteiger partial charge in [-0.3, -0.25) is 4.79 Å². The lowest BCUT2D eigenvalue weighted by Gasteiger charge is -2.10. The van der Waals surface area contributed by atoms with E-state index in [4.69, 9.17) is 14.3 Å². The van der Waals surface area contributed by atoms with Gasteiger partial charge >= 0.3 is 6.61 Å². The molecule has 0 radical (unpaired) electrons. The van der Waals surface area contributed by atoms with Crippen LogP contribution in [0.1, 0.15) is 11.1 Å². The monoisotopic (exact) mass is 456 g/mol. The van der Waals surface area contributed by atoms with E-state index in [0.717, 1.165) is 5.56 Å². The normalized spacial score (nSPS) is 10.8. The van der Waals surface area contributed by atoms with Crippen LogP contribution in [0.25, 0.3) is 0 Å².